The average molecular weight is 498 g/mol. The third-order valence-electron chi connectivity index (χ3n) is 5.53. The van der Waals surface area contributed by atoms with Gasteiger partial charge in [0.2, 0.25) is 0 Å². The van der Waals surface area contributed by atoms with E-state index in [0.717, 1.165) is 24.8 Å². The van der Waals surface area contributed by atoms with E-state index in [-0.39, 0.29) is 22.8 Å². The van der Waals surface area contributed by atoms with Crippen LogP contribution in [0.4, 0.5) is 5.69 Å². The van der Waals surface area contributed by atoms with Crippen LogP contribution in [0.25, 0.3) is 15.9 Å². The Balaban J connectivity index is 1.53. The van der Waals surface area contributed by atoms with Crippen molar-refractivity contribution in [2.75, 3.05) is 5.75 Å². The summed E-state index contributed by atoms with van der Waals surface area (Å²) in [5, 5.41) is 12.5. The molecule has 0 bridgehead atoms. The van der Waals surface area contributed by atoms with E-state index in [1.165, 1.54) is 45.5 Å². The predicted octanol–water partition coefficient (Wildman–Crippen LogP) is 5.47. The second-order valence-corrected chi connectivity index (χ2v) is 10.0. The van der Waals surface area contributed by atoms with E-state index in [2.05, 4.69) is 0 Å². The Kier molecular flexibility index (Phi) is 5.77. The quantitative estimate of drug-likeness (QED) is 0.115. The summed E-state index contributed by atoms with van der Waals surface area (Å²) in [6.45, 7) is 0. The topological polar surface area (TPSA) is 95.1 Å². The summed E-state index contributed by atoms with van der Waals surface area (Å²) in [4.78, 5) is 43.4. The molecule has 0 N–H and O–H groups in total. The van der Waals surface area contributed by atoms with Crippen LogP contribution >= 0.6 is 34.7 Å². The molecular weight excluding hydrogens is 482 g/mol. The molecule has 5 rings (SSSR count). The van der Waals surface area contributed by atoms with Crippen molar-refractivity contribution in [3.05, 3.63) is 90.0 Å². The fourth-order valence-corrected chi connectivity index (χ4v) is 6.26. The lowest BCUT2D eigenvalue weighted by Crippen LogP contribution is -2.22. The molecule has 2 aromatic heterocycles. The lowest BCUT2D eigenvalue weighted by atomic mass is 10.1. The van der Waals surface area contributed by atoms with Crippen LogP contribution in [0, 0.1) is 10.1 Å². The number of Topliss-reactive ketones (excluding diaryl/α,β-unsaturated/α-hetero) is 1. The second kappa shape index (κ2) is 8.74. The molecule has 0 atom stereocenters. The molecule has 0 unspecified atom stereocenters. The SMILES string of the molecule is O=C(CSc1nc2sc3c(c2c(=O)n1-c1ccc(Cl)cc1)CCC3)c1ccc([N+](=O)[O-])cc1. The number of carbonyl (C=O) groups excluding carboxylic acids is 1. The summed E-state index contributed by atoms with van der Waals surface area (Å²) >= 11 is 8.76. The van der Waals surface area contributed by atoms with E-state index in [4.69, 9.17) is 16.6 Å². The van der Waals surface area contributed by atoms with Crippen molar-refractivity contribution in [3.63, 3.8) is 0 Å². The molecule has 0 amide bonds. The fraction of sp³-hybridized carbons (Fsp3) is 0.174. The first kappa shape index (κ1) is 21.8. The van der Waals surface area contributed by atoms with Crippen molar-refractivity contribution in [2.24, 2.45) is 0 Å². The summed E-state index contributed by atoms with van der Waals surface area (Å²) in [6.07, 6.45) is 2.87. The van der Waals surface area contributed by atoms with Crippen LogP contribution in [-0.4, -0.2) is 26.0 Å². The van der Waals surface area contributed by atoms with Crippen LogP contribution in [0.5, 0.6) is 0 Å². The van der Waals surface area contributed by atoms with Gasteiger partial charge in [-0.3, -0.25) is 24.3 Å². The van der Waals surface area contributed by atoms with Gasteiger partial charge in [0, 0.05) is 27.6 Å². The number of aryl methyl sites for hydroxylation is 2. The molecule has 166 valence electrons. The Labute approximate surface area is 201 Å². The van der Waals surface area contributed by atoms with Gasteiger partial charge in [0.25, 0.3) is 11.2 Å². The Morgan fingerprint density at radius 2 is 1.88 bits per heavy atom. The molecule has 10 heteroatoms. The number of fused-ring (bicyclic) bond motifs is 3. The lowest BCUT2D eigenvalue weighted by Gasteiger charge is -2.12. The van der Waals surface area contributed by atoms with Gasteiger partial charge in [-0.25, -0.2) is 4.98 Å². The van der Waals surface area contributed by atoms with E-state index in [0.29, 0.717) is 31.6 Å². The number of carbonyl (C=O) groups is 1. The summed E-state index contributed by atoms with van der Waals surface area (Å²) in [6, 6.07) is 12.4. The molecule has 33 heavy (non-hydrogen) atoms. The highest BCUT2D eigenvalue weighted by atomic mass is 35.5. The largest absolute Gasteiger partial charge is 0.293 e. The monoisotopic (exact) mass is 497 g/mol. The van der Waals surface area contributed by atoms with E-state index in [1.807, 2.05) is 0 Å². The van der Waals surface area contributed by atoms with Gasteiger partial charge < -0.3 is 0 Å². The van der Waals surface area contributed by atoms with Crippen molar-refractivity contribution < 1.29 is 9.72 Å². The summed E-state index contributed by atoms with van der Waals surface area (Å²) in [7, 11) is 0. The highest BCUT2D eigenvalue weighted by molar-refractivity contribution is 7.99. The third-order valence-corrected chi connectivity index (χ3v) is 7.90. The summed E-state index contributed by atoms with van der Waals surface area (Å²) < 4.78 is 1.54. The number of nitrogens with zero attached hydrogens (tertiary/aromatic N) is 3. The second-order valence-electron chi connectivity index (χ2n) is 7.56. The number of aromatic nitrogens is 2. The van der Waals surface area contributed by atoms with Crippen molar-refractivity contribution in [3.8, 4) is 5.69 Å². The molecule has 4 aromatic rings. The van der Waals surface area contributed by atoms with Gasteiger partial charge >= 0.3 is 0 Å². The standard InChI is InChI=1S/C23H16ClN3O4S2/c24-14-6-10-15(11-7-14)26-22(29)20-17-2-1-3-19(17)33-21(20)25-23(26)32-12-18(28)13-4-8-16(9-5-13)27(30)31/h4-11H,1-3,12H2. The maximum absolute atomic E-state index is 13.6. The van der Waals surface area contributed by atoms with Gasteiger partial charge in [0.05, 0.1) is 21.7 Å². The number of thiophene rings is 1. The van der Waals surface area contributed by atoms with Gasteiger partial charge in [-0.15, -0.1) is 11.3 Å². The van der Waals surface area contributed by atoms with Gasteiger partial charge in [0.1, 0.15) is 4.83 Å². The van der Waals surface area contributed by atoms with E-state index >= 15 is 0 Å². The van der Waals surface area contributed by atoms with Gasteiger partial charge in [-0.1, -0.05) is 23.4 Å². The number of benzene rings is 2. The first-order chi connectivity index (χ1) is 15.9. The minimum absolute atomic E-state index is 0.0361. The normalized spacial score (nSPS) is 12.8. The zero-order valence-corrected chi connectivity index (χ0v) is 19.5. The van der Waals surface area contributed by atoms with Crippen molar-refractivity contribution in [1.82, 2.24) is 9.55 Å². The predicted molar refractivity (Wildman–Crippen MR) is 130 cm³/mol. The zero-order chi connectivity index (χ0) is 23.1. The van der Waals surface area contributed by atoms with Crippen LogP contribution in [0.1, 0.15) is 27.2 Å². The van der Waals surface area contributed by atoms with Gasteiger partial charge in [-0.2, -0.15) is 0 Å². The number of nitro groups is 1. The first-order valence-electron chi connectivity index (χ1n) is 10.2. The van der Waals surface area contributed by atoms with Crippen LogP contribution < -0.4 is 5.56 Å². The molecule has 0 saturated carbocycles. The Morgan fingerprint density at radius 1 is 1.15 bits per heavy atom. The van der Waals surface area contributed by atoms with E-state index < -0.39 is 4.92 Å². The number of thioether (sulfide) groups is 1. The molecule has 0 aliphatic heterocycles. The molecule has 0 saturated heterocycles. The molecule has 2 aromatic carbocycles. The van der Waals surface area contributed by atoms with Crippen LogP contribution in [0.2, 0.25) is 5.02 Å². The minimum Gasteiger partial charge on any atom is -0.293 e. The van der Waals surface area contributed by atoms with E-state index in [9.17, 15) is 19.7 Å². The van der Waals surface area contributed by atoms with Crippen molar-refractivity contribution in [2.45, 2.75) is 24.4 Å². The summed E-state index contributed by atoms with van der Waals surface area (Å²) in [5.41, 5.74) is 1.86. The number of non-ortho nitro benzene ring substituents is 1. The zero-order valence-electron chi connectivity index (χ0n) is 17.1. The number of halogens is 1. The van der Waals surface area contributed by atoms with Crippen molar-refractivity contribution in [1.29, 1.82) is 0 Å². The van der Waals surface area contributed by atoms with Gasteiger partial charge in [-0.05, 0) is 61.2 Å². The fourth-order valence-electron chi connectivity index (χ4n) is 3.92. The number of hydrogen-bond donors (Lipinski definition) is 0. The smallest absolute Gasteiger partial charge is 0.269 e. The molecule has 1 aliphatic rings. The van der Waals surface area contributed by atoms with Crippen LogP contribution in [-0.2, 0) is 12.8 Å². The van der Waals surface area contributed by atoms with E-state index in [1.54, 1.807) is 35.6 Å². The minimum atomic E-state index is -0.509. The Hall–Kier alpha value is -3.01. The molecule has 2 heterocycles. The molecular formula is C23H16ClN3O4S2. The molecule has 0 fully saturated rings. The lowest BCUT2D eigenvalue weighted by molar-refractivity contribution is -0.384. The highest BCUT2D eigenvalue weighted by Gasteiger charge is 2.24. The molecule has 1 aliphatic carbocycles. The number of ketones is 1. The Bertz CT molecular complexity index is 1460. The number of hydrogen-bond acceptors (Lipinski definition) is 7. The highest BCUT2D eigenvalue weighted by Crippen LogP contribution is 2.36. The summed E-state index contributed by atoms with van der Waals surface area (Å²) in [5.74, 6) is -0.172. The Morgan fingerprint density at radius 3 is 2.58 bits per heavy atom. The average Bonchev–Trinajstić information content (AvgIpc) is 3.39. The maximum atomic E-state index is 13.6. The molecule has 0 radical (unpaired) electrons. The van der Waals surface area contributed by atoms with Crippen molar-refractivity contribution >= 4 is 56.4 Å². The third kappa shape index (κ3) is 4.07. The number of nitro benzene ring substituents is 1. The van der Waals surface area contributed by atoms with Crippen LogP contribution in [0.15, 0.2) is 58.5 Å². The van der Waals surface area contributed by atoms with Crippen LogP contribution in [0.3, 0.4) is 0 Å². The first-order valence-corrected chi connectivity index (χ1v) is 12.3. The van der Waals surface area contributed by atoms with Gasteiger partial charge in [0.15, 0.2) is 10.9 Å². The molecule has 7 nitrogen and oxygen atoms in total. The number of rotatable bonds is 6. The maximum Gasteiger partial charge on any atom is 0.269 e. The molecule has 0 spiro atoms.